The van der Waals surface area contributed by atoms with E-state index >= 15 is 0 Å². The number of rotatable bonds is 7. The number of hydrogen-bond acceptors (Lipinski definition) is 6. The SMILES string of the molecule is CC(=O)C=C(C)O.[Ir+3].[Ir].[c-]1ccccc1-c1ccccn1.[c-]1ccccc1-c1ccccn1.[c-]1ccccc1-c1ccccn1.[c-]1ccccc1-c1nccc2ccccc12.c1cc(-n2c3ccccc3c3ccccc32)cc(-n2c3ccccc3c3ccccc32)c1. The van der Waals surface area contributed by atoms with E-state index in [1.54, 1.807) is 18.6 Å². The Morgan fingerprint density at radius 1 is 0.355 bits per heavy atom. The number of pyridine rings is 4. The third-order valence-corrected chi connectivity index (χ3v) is 14.5. The molecular formula is C83H62Ir2N6O2-. The van der Waals surface area contributed by atoms with Crippen LogP contribution in [0, 0.1) is 24.3 Å². The number of nitrogens with zero attached hydrogens (tertiary/aromatic N) is 6. The Morgan fingerprint density at radius 3 is 1.01 bits per heavy atom. The van der Waals surface area contributed by atoms with Crippen LogP contribution in [0.5, 0.6) is 0 Å². The van der Waals surface area contributed by atoms with Gasteiger partial charge in [-0.2, -0.15) is 0 Å². The number of carbonyl (C=O) groups is 1. The Kier molecular flexibility index (Phi) is 24.2. The zero-order valence-corrected chi connectivity index (χ0v) is 55.7. The van der Waals surface area contributed by atoms with Crippen molar-refractivity contribution in [1.82, 2.24) is 29.1 Å². The molecule has 16 rings (SSSR count). The first kappa shape index (κ1) is 66.6. The first-order chi connectivity index (χ1) is 44.9. The predicted molar refractivity (Wildman–Crippen MR) is 374 cm³/mol. The number of aliphatic hydroxyl groups excluding tert-OH is 1. The number of para-hydroxylation sites is 4. The average molecular weight is 1560 g/mol. The molecule has 0 amide bonds. The van der Waals surface area contributed by atoms with E-state index in [1.807, 2.05) is 176 Å². The molecule has 1 N–H and O–H groups in total. The van der Waals surface area contributed by atoms with Gasteiger partial charge in [-0.3, -0.25) is 4.79 Å². The molecule has 0 spiro atoms. The number of benzene rings is 10. The molecule has 455 valence electrons. The largest absolute Gasteiger partial charge is 3.00 e. The summed E-state index contributed by atoms with van der Waals surface area (Å²) in [6.45, 7) is 2.85. The second kappa shape index (κ2) is 33.8. The van der Waals surface area contributed by atoms with Crippen molar-refractivity contribution >= 4 is 60.2 Å². The summed E-state index contributed by atoms with van der Waals surface area (Å²) < 4.78 is 4.75. The molecule has 8 nitrogen and oxygen atoms in total. The maximum atomic E-state index is 10.0. The first-order valence-corrected chi connectivity index (χ1v) is 29.8. The van der Waals surface area contributed by atoms with Gasteiger partial charge in [0.05, 0.1) is 27.8 Å². The minimum absolute atomic E-state index is 0. The van der Waals surface area contributed by atoms with Crippen LogP contribution in [0.2, 0.25) is 0 Å². The van der Waals surface area contributed by atoms with E-state index in [0.29, 0.717) is 0 Å². The normalized spacial score (nSPS) is 10.5. The van der Waals surface area contributed by atoms with E-state index in [-0.39, 0.29) is 51.8 Å². The summed E-state index contributed by atoms with van der Waals surface area (Å²) in [4.78, 5) is 27.1. The van der Waals surface area contributed by atoms with Crippen LogP contribution in [0.3, 0.4) is 0 Å². The maximum Gasteiger partial charge on any atom is 3.00 e. The summed E-state index contributed by atoms with van der Waals surface area (Å²) in [6, 6.07) is 115. The Morgan fingerprint density at radius 2 is 0.688 bits per heavy atom. The summed E-state index contributed by atoms with van der Waals surface area (Å²) >= 11 is 0. The van der Waals surface area contributed by atoms with Gasteiger partial charge in [-0.05, 0) is 114 Å². The molecule has 0 saturated heterocycles. The number of fused-ring (bicyclic) bond motifs is 7. The van der Waals surface area contributed by atoms with E-state index in [0.717, 1.165) is 45.0 Å². The molecule has 0 atom stereocenters. The Balaban J connectivity index is 0.000000142. The Hall–Kier alpha value is -10.8. The molecule has 0 aliphatic carbocycles. The molecule has 93 heavy (non-hydrogen) atoms. The van der Waals surface area contributed by atoms with Gasteiger partial charge in [0.1, 0.15) is 0 Å². The van der Waals surface area contributed by atoms with Gasteiger partial charge in [0, 0.05) is 83.9 Å². The summed E-state index contributed by atoms with van der Waals surface area (Å²) in [5.74, 6) is -0.0625. The number of hydrogen-bond donors (Lipinski definition) is 1. The Bertz CT molecular complexity index is 4440. The number of ketones is 1. The molecular weight excluding hydrogens is 1500 g/mol. The van der Waals surface area contributed by atoms with Crippen molar-refractivity contribution in [3.8, 4) is 56.4 Å². The smallest absolute Gasteiger partial charge is 0.512 e. The summed E-state index contributed by atoms with van der Waals surface area (Å²) in [5, 5.41) is 15.9. The molecule has 0 bridgehead atoms. The molecule has 0 aliphatic rings. The molecule has 0 saturated carbocycles. The maximum absolute atomic E-state index is 10.0. The van der Waals surface area contributed by atoms with Crippen LogP contribution in [-0.4, -0.2) is 40.0 Å². The monoisotopic (exact) mass is 1560 g/mol. The van der Waals surface area contributed by atoms with Crippen LogP contribution in [-0.2, 0) is 45.0 Å². The fourth-order valence-electron chi connectivity index (χ4n) is 10.6. The topological polar surface area (TPSA) is 98.7 Å². The van der Waals surface area contributed by atoms with Gasteiger partial charge in [0.25, 0.3) is 0 Å². The van der Waals surface area contributed by atoms with Crippen LogP contribution < -0.4 is 0 Å². The van der Waals surface area contributed by atoms with Gasteiger partial charge in [0.15, 0.2) is 5.78 Å². The standard InChI is InChI=1S/C30H20N2.C15H10N.3C11H8N.C5H8O2.2Ir/c1-5-16-27-23(12-1)24-13-2-6-17-28(24)31(27)21-10-9-11-22(20-21)32-29-18-7-3-14-25(29)26-15-4-8-19-30(26)32;1-2-7-13(8-3-1)15-14-9-5-4-6-12(14)10-11-16-15;3*1-2-6-10(7-3-1)11-8-4-5-9-12-11;1-4(6)3-5(2)7;;/h1-20H;1-7,9-11H;3*1-6,8-9H;3,6H,1-2H3;;/q;4*-1;;;+3. The Labute approximate surface area is 569 Å². The van der Waals surface area contributed by atoms with Crippen molar-refractivity contribution in [1.29, 1.82) is 0 Å². The van der Waals surface area contributed by atoms with E-state index in [4.69, 9.17) is 5.11 Å². The van der Waals surface area contributed by atoms with Crippen LogP contribution in [0.15, 0.2) is 340 Å². The zero-order valence-electron chi connectivity index (χ0n) is 51.0. The van der Waals surface area contributed by atoms with E-state index in [1.165, 1.54) is 85.7 Å². The number of aromatic nitrogens is 6. The van der Waals surface area contributed by atoms with Crippen molar-refractivity contribution < 1.29 is 50.1 Å². The fraction of sp³-hybridized carbons (Fsp3) is 0.0241. The van der Waals surface area contributed by atoms with Crippen LogP contribution in [0.1, 0.15) is 13.8 Å². The molecule has 1 radical (unpaired) electrons. The van der Waals surface area contributed by atoms with Gasteiger partial charge >= 0.3 is 20.1 Å². The van der Waals surface area contributed by atoms with Gasteiger partial charge in [-0.1, -0.05) is 140 Å². The first-order valence-electron chi connectivity index (χ1n) is 29.8. The van der Waals surface area contributed by atoms with E-state index in [2.05, 4.69) is 187 Å². The summed E-state index contributed by atoms with van der Waals surface area (Å²) in [6.07, 6.45) is 8.38. The summed E-state index contributed by atoms with van der Waals surface area (Å²) in [5.41, 5.74) is 15.3. The van der Waals surface area contributed by atoms with Crippen LogP contribution in [0.25, 0.3) is 111 Å². The van der Waals surface area contributed by atoms with Crippen molar-refractivity contribution in [2.24, 2.45) is 0 Å². The molecule has 10 aromatic carbocycles. The number of carbonyl (C=O) groups excluding carboxylic acids is 1. The van der Waals surface area contributed by atoms with Crippen molar-refractivity contribution in [2.45, 2.75) is 13.8 Å². The summed E-state index contributed by atoms with van der Waals surface area (Å²) in [7, 11) is 0. The number of allylic oxidation sites excluding steroid dienone is 2. The third kappa shape index (κ3) is 17.2. The quantitative estimate of drug-likeness (QED) is 0.0970. The van der Waals surface area contributed by atoms with Gasteiger partial charge in [-0.15, -0.1) is 144 Å². The fourth-order valence-corrected chi connectivity index (χ4v) is 10.6. The van der Waals surface area contributed by atoms with Gasteiger partial charge in [-0.25, -0.2) is 0 Å². The second-order valence-electron chi connectivity index (χ2n) is 20.8. The molecule has 6 heterocycles. The number of aliphatic hydroxyl groups is 1. The molecule has 10 heteroatoms. The minimum Gasteiger partial charge on any atom is -0.512 e. The minimum atomic E-state index is -0.125. The van der Waals surface area contributed by atoms with Crippen molar-refractivity contribution in [2.75, 3.05) is 0 Å². The second-order valence-corrected chi connectivity index (χ2v) is 20.8. The van der Waals surface area contributed by atoms with Crippen molar-refractivity contribution in [3.05, 3.63) is 364 Å². The van der Waals surface area contributed by atoms with Gasteiger partial charge in [0.2, 0.25) is 0 Å². The average Bonchev–Trinajstić information content (AvgIpc) is 1.61. The molecule has 16 aromatic rings. The zero-order chi connectivity index (χ0) is 62.4. The van der Waals surface area contributed by atoms with E-state index < -0.39 is 0 Å². The molecule has 0 aliphatic heterocycles. The van der Waals surface area contributed by atoms with Crippen LogP contribution in [0.4, 0.5) is 0 Å². The molecule has 0 unspecified atom stereocenters. The van der Waals surface area contributed by atoms with E-state index in [9.17, 15) is 4.79 Å². The predicted octanol–water partition coefficient (Wildman–Crippen LogP) is 20.3. The van der Waals surface area contributed by atoms with Crippen molar-refractivity contribution in [3.63, 3.8) is 0 Å². The van der Waals surface area contributed by atoms with Crippen LogP contribution >= 0.6 is 0 Å². The third-order valence-electron chi connectivity index (χ3n) is 14.5. The van der Waals surface area contributed by atoms with Gasteiger partial charge < -0.3 is 34.2 Å². The molecule has 6 aromatic heterocycles. The molecule has 0 fully saturated rings.